The second-order valence-electron chi connectivity index (χ2n) is 5.53. The molecule has 6 heteroatoms. The maximum absolute atomic E-state index is 11.0. The number of guanidine groups is 1. The molecule has 3 aliphatic rings. The molecule has 0 bridgehead atoms. The van der Waals surface area contributed by atoms with Gasteiger partial charge in [0.1, 0.15) is 0 Å². The number of hydrogen-bond donors (Lipinski definition) is 3. The van der Waals surface area contributed by atoms with Gasteiger partial charge in [0.25, 0.3) is 0 Å². The minimum absolute atomic E-state index is 0.210. The predicted molar refractivity (Wildman–Crippen MR) is 66.6 cm³/mol. The van der Waals surface area contributed by atoms with Crippen LogP contribution < -0.4 is 5.32 Å². The highest BCUT2D eigenvalue weighted by Crippen LogP contribution is 2.32. The van der Waals surface area contributed by atoms with Crippen molar-refractivity contribution in [3.05, 3.63) is 0 Å². The Balaban J connectivity index is 1.67. The summed E-state index contributed by atoms with van der Waals surface area (Å²) in [5.41, 5.74) is 0. The van der Waals surface area contributed by atoms with Gasteiger partial charge in [-0.3, -0.25) is 10.2 Å². The fourth-order valence-electron chi connectivity index (χ4n) is 3.47. The number of rotatable bonds is 2. The van der Waals surface area contributed by atoms with Gasteiger partial charge in [0.15, 0.2) is 5.96 Å². The summed E-state index contributed by atoms with van der Waals surface area (Å²) in [5, 5.41) is 20.7. The van der Waals surface area contributed by atoms with E-state index in [1.54, 1.807) is 0 Å². The van der Waals surface area contributed by atoms with Gasteiger partial charge in [-0.05, 0) is 19.3 Å². The van der Waals surface area contributed by atoms with Crippen LogP contribution in [-0.2, 0) is 4.79 Å². The van der Waals surface area contributed by atoms with Crippen LogP contribution in [0.25, 0.3) is 0 Å². The van der Waals surface area contributed by atoms with E-state index in [0.717, 1.165) is 39.0 Å². The van der Waals surface area contributed by atoms with E-state index in [1.807, 2.05) is 0 Å². The van der Waals surface area contributed by atoms with E-state index in [-0.39, 0.29) is 12.0 Å². The quantitative estimate of drug-likeness (QED) is 0.632. The number of hydrogen-bond acceptors (Lipinski definition) is 3. The zero-order valence-corrected chi connectivity index (χ0v) is 10.4. The summed E-state index contributed by atoms with van der Waals surface area (Å²) in [6, 6.07) is 0.652. The van der Waals surface area contributed by atoms with Gasteiger partial charge in [-0.1, -0.05) is 0 Å². The molecule has 0 aromatic heterocycles. The minimum Gasteiger partial charge on any atom is -0.481 e. The van der Waals surface area contributed by atoms with Crippen LogP contribution >= 0.6 is 0 Å². The molecule has 2 unspecified atom stereocenters. The van der Waals surface area contributed by atoms with E-state index >= 15 is 0 Å². The molecule has 2 aliphatic heterocycles. The van der Waals surface area contributed by atoms with E-state index in [4.69, 9.17) is 10.5 Å². The van der Waals surface area contributed by atoms with Gasteiger partial charge < -0.3 is 20.2 Å². The first-order chi connectivity index (χ1) is 8.66. The molecule has 1 saturated carbocycles. The summed E-state index contributed by atoms with van der Waals surface area (Å²) in [6.45, 7) is 3.65. The van der Waals surface area contributed by atoms with Crippen LogP contribution in [0.3, 0.4) is 0 Å². The normalized spacial score (nSPS) is 36.0. The average Bonchev–Trinajstić information content (AvgIpc) is 2.95. The third-order valence-electron chi connectivity index (χ3n) is 4.50. The fourth-order valence-corrected chi connectivity index (χ4v) is 3.47. The number of nitrogens with zero attached hydrogens (tertiary/aromatic N) is 2. The summed E-state index contributed by atoms with van der Waals surface area (Å²) in [6.07, 6.45) is 2.37. The van der Waals surface area contributed by atoms with Crippen molar-refractivity contribution in [3.63, 3.8) is 0 Å². The molecule has 0 spiro atoms. The van der Waals surface area contributed by atoms with Crippen LogP contribution in [0.5, 0.6) is 0 Å². The molecule has 0 amide bonds. The standard InChI is InChI=1S/C12H20N4O2/c13-12-15-4-3-14-6-10(15)7-16(12)9-2-1-8(5-9)11(17)18/h8-10,13-14H,1-7H2,(H,17,18)/t8?,9?,10-/m0/s1. The lowest BCUT2D eigenvalue weighted by molar-refractivity contribution is -0.141. The first-order valence-electron chi connectivity index (χ1n) is 6.72. The maximum Gasteiger partial charge on any atom is 0.306 e. The molecule has 6 nitrogen and oxygen atoms in total. The first kappa shape index (κ1) is 11.8. The van der Waals surface area contributed by atoms with Crippen molar-refractivity contribution in [3.8, 4) is 0 Å². The molecule has 3 fully saturated rings. The predicted octanol–water partition coefficient (Wildman–Crippen LogP) is -0.236. The summed E-state index contributed by atoms with van der Waals surface area (Å²) >= 11 is 0. The Kier molecular flexibility index (Phi) is 2.89. The summed E-state index contributed by atoms with van der Waals surface area (Å²) in [5.74, 6) is -0.279. The van der Waals surface area contributed by atoms with E-state index in [2.05, 4.69) is 15.1 Å². The van der Waals surface area contributed by atoms with Crippen LogP contribution in [0.15, 0.2) is 0 Å². The number of carbonyl (C=O) groups is 1. The number of aliphatic carboxylic acids is 1. The minimum atomic E-state index is -0.678. The molecule has 3 N–H and O–H groups in total. The van der Waals surface area contributed by atoms with Crippen LogP contribution in [0, 0.1) is 11.3 Å². The number of nitrogens with one attached hydrogen (secondary N) is 2. The van der Waals surface area contributed by atoms with E-state index in [0.29, 0.717) is 18.4 Å². The lowest BCUT2D eigenvalue weighted by Crippen LogP contribution is -2.50. The summed E-state index contributed by atoms with van der Waals surface area (Å²) in [4.78, 5) is 15.3. The zero-order chi connectivity index (χ0) is 12.7. The van der Waals surface area contributed by atoms with Crippen molar-refractivity contribution in [2.75, 3.05) is 26.2 Å². The monoisotopic (exact) mass is 252 g/mol. The van der Waals surface area contributed by atoms with Gasteiger partial charge in [-0.2, -0.15) is 0 Å². The van der Waals surface area contributed by atoms with Crippen molar-refractivity contribution in [1.29, 1.82) is 5.41 Å². The number of carboxylic acids is 1. The van der Waals surface area contributed by atoms with E-state index in [1.165, 1.54) is 0 Å². The van der Waals surface area contributed by atoms with E-state index < -0.39 is 5.97 Å². The van der Waals surface area contributed by atoms with Crippen LogP contribution in [0.2, 0.25) is 0 Å². The second kappa shape index (κ2) is 4.42. The van der Waals surface area contributed by atoms with Crippen molar-refractivity contribution in [2.45, 2.75) is 31.3 Å². The van der Waals surface area contributed by atoms with Crippen molar-refractivity contribution in [1.82, 2.24) is 15.1 Å². The lowest BCUT2D eigenvalue weighted by atomic mass is 10.1. The molecule has 3 rings (SSSR count). The van der Waals surface area contributed by atoms with Gasteiger partial charge >= 0.3 is 5.97 Å². The van der Waals surface area contributed by atoms with Gasteiger partial charge in [0, 0.05) is 32.2 Å². The van der Waals surface area contributed by atoms with Crippen molar-refractivity contribution < 1.29 is 9.90 Å². The highest BCUT2D eigenvalue weighted by atomic mass is 16.4. The van der Waals surface area contributed by atoms with E-state index in [9.17, 15) is 4.79 Å². The molecule has 100 valence electrons. The molecule has 0 aromatic carbocycles. The Morgan fingerprint density at radius 1 is 1.33 bits per heavy atom. The number of piperazine rings is 1. The Bertz CT molecular complexity index is 373. The smallest absolute Gasteiger partial charge is 0.306 e. The van der Waals surface area contributed by atoms with Crippen LogP contribution in [0.1, 0.15) is 19.3 Å². The molecule has 2 saturated heterocycles. The Morgan fingerprint density at radius 2 is 2.17 bits per heavy atom. The summed E-state index contributed by atoms with van der Waals surface area (Å²) < 4.78 is 0. The molecule has 0 radical (unpaired) electrons. The van der Waals surface area contributed by atoms with Gasteiger partial charge in [-0.25, -0.2) is 0 Å². The van der Waals surface area contributed by atoms with Gasteiger partial charge in [0.2, 0.25) is 0 Å². The zero-order valence-electron chi connectivity index (χ0n) is 10.4. The Morgan fingerprint density at radius 3 is 2.83 bits per heavy atom. The fraction of sp³-hybridized carbons (Fsp3) is 0.833. The third kappa shape index (κ3) is 1.84. The van der Waals surface area contributed by atoms with Gasteiger partial charge in [0.05, 0.1) is 12.0 Å². The van der Waals surface area contributed by atoms with Crippen molar-refractivity contribution in [2.24, 2.45) is 5.92 Å². The van der Waals surface area contributed by atoms with Crippen molar-refractivity contribution >= 4 is 11.9 Å². The molecule has 0 aromatic rings. The average molecular weight is 252 g/mol. The summed E-state index contributed by atoms with van der Waals surface area (Å²) in [7, 11) is 0. The number of carboxylic acid groups (broad SMARTS) is 1. The Hall–Kier alpha value is -1.30. The molecule has 3 atom stereocenters. The second-order valence-corrected chi connectivity index (χ2v) is 5.53. The van der Waals surface area contributed by atoms with Gasteiger partial charge in [-0.15, -0.1) is 0 Å². The van der Waals surface area contributed by atoms with Crippen LogP contribution in [-0.4, -0.2) is 65.1 Å². The lowest BCUT2D eigenvalue weighted by Gasteiger charge is -2.30. The largest absolute Gasteiger partial charge is 0.481 e. The van der Waals surface area contributed by atoms with Crippen LogP contribution in [0.4, 0.5) is 0 Å². The molecule has 1 aliphatic carbocycles. The topological polar surface area (TPSA) is 79.7 Å². The molecular formula is C12H20N4O2. The third-order valence-corrected chi connectivity index (χ3v) is 4.50. The Labute approximate surface area is 106 Å². The molecule has 2 heterocycles. The molecular weight excluding hydrogens is 232 g/mol. The maximum atomic E-state index is 11.0. The number of fused-ring (bicyclic) bond motifs is 1. The molecule has 18 heavy (non-hydrogen) atoms. The first-order valence-corrected chi connectivity index (χ1v) is 6.72. The SMILES string of the molecule is N=C1N(C2CCC(C(=O)O)C2)C[C@@H]2CNCCN12. The highest BCUT2D eigenvalue weighted by Gasteiger charge is 2.42. The highest BCUT2D eigenvalue weighted by molar-refractivity contribution is 5.80.